The van der Waals surface area contributed by atoms with Crippen molar-refractivity contribution in [3.63, 3.8) is 0 Å². The molecule has 1 aliphatic heterocycles. The fourth-order valence-corrected chi connectivity index (χ4v) is 6.83. The number of sulfonamides is 2. The molecule has 0 unspecified atom stereocenters. The largest absolute Gasteiger partial charge is 0.492 e. The molecule has 0 aromatic heterocycles. The lowest BCUT2D eigenvalue weighted by Crippen LogP contribution is -2.48. The van der Waals surface area contributed by atoms with Crippen LogP contribution in [0, 0.1) is 0 Å². The van der Waals surface area contributed by atoms with Crippen molar-refractivity contribution in [2.75, 3.05) is 36.8 Å². The van der Waals surface area contributed by atoms with E-state index in [0.29, 0.717) is 24.5 Å². The molecule has 3 rings (SSSR count). The highest BCUT2D eigenvalue weighted by Crippen LogP contribution is 2.23. The van der Waals surface area contributed by atoms with E-state index in [4.69, 9.17) is 4.74 Å². The molecule has 1 atom stereocenters. The summed E-state index contributed by atoms with van der Waals surface area (Å²) in [5.41, 5.74) is 1.49. The van der Waals surface area contributed by atoms with Crippen molar-refractivity contribution in [2.45, 2.75) is 50.5 Å². The lowest BCUT2D eigenvalue weighted by Gasteiger charge is -2.28. The highest BCUT2D eigenvalue weighted by molar-refractivity contribution is 7.92. The molecule has 9 nitrogen and oxygen atoms in total. The van der Waals surface area contributed by atoms with E-state index < -0.39 is 32.0 Å². The van der Waals surface area contributed by atoms with Crippen LogP contribution < -0.4 is 14.4 Å². The van der Waals surface area contributed by atoms with Crippen molar-refractivity contribution in [1.82, 2.24) is 9.62 Å². The molecule has 1 fully saturated rings. The van der Waals surface area contributed by atoms with Gasteiger partial charge in [-0.1, -0.05) is 25.5 Å². The van der Waals surface area contributed by atoms with Gasteiger partial charge in [-0.15, -0.1) is 0 Å². The summed E-state index contributed by atoms with van der Waals surface area (Å²) in [6.45, 7) is 4.92. The average Bonchev–Trinajstić information content (AvgIpc) is 2.87. The van der Waals surface area contributed by atoms with Crippen molar-refractivity contribution in [3.05, 3.63) is 54.1 Å². The van der Waals surface area contributed by atoms with E-state index in [0.717, 1.165) is 41.8 Å². The topological polar surface area (TPSA) is 113 Å². The molecular weight excluding hydrogens is 502 g/mol. The van der Waals surface area contributed by atoms with E-state index in [1.807, 2.05) is 19.1 Å². The third-order valence-corrected chi connectivity index (χ3v) is 9.29. The Hall–Kier alpha value is -2.63. The molecule has 36 heavy (non-hydrogen) atoms. The molecule has 2 aromatic rings. The number of carbonyl (C=O) groups is 1. The summed E-state index contributed by atoms with van der Waals surface area (Å²) in [5, 5.41) is 2.70. The lowest BCUT2D eigenvalue weighted by atomic mass is 10.1. The molecule has 1 saturated heterocycles. The second kappa shape index (κ2) is 12.1. The molecule has 1 aliphatic rings. The summed E-state index contributed by atoms with van der Waals surface area (Å²) < 4.78 is 58.6. The van der Waals surface area contributed by atoms with Gasteiger partial charge in [-0.05, 0) is 68.1 Å². The molecular formula is C25H35N3O6S2. The van der Waals surface area contributed by atoms with Crippen molar-refractivity contribution in [1.29, 1.82) is 0 Å². The predicted molar refractivity (Wildman–Crippen MR) is 140 cm³/mol. The predicted octanol–water partition coefficient (Wildman–Crippen LogP) is 2.77. The first-order chi connectivity index (χ1) is 17.0. The van der Waals surface area contributed by atoms with Crippen LogP contribution in [0.4, 0.5) is 5.69 Å². The molecule has 0 radical (unpaired) electrons. The van der Waals surface area contributed by atoms with Gasteiger partial charge in [0.15, 0.2) is 0 Å². The monoisotopic (exact) mass is 537 g/mol. The normalized spacial score (nSPS) is 15.8. The molecule has 1 amide bonds. The highest BCUT2D eigenvalue weighted by Gasteiger charge is 2.29. The van der Waals surface area contributed by atoms with E-state index in [-0.39, 0.29) is 18.0 Å². The smallest absolute Gasteiger partial charge is 0.243 e. The van der Waals surface area contributed by atoms with Crippen LogP contribution in [-0.4, -0.2) is 65.6 Å². The molecule has 1 N–H and O–H groups in total. The Bertz CT molecular complexity index is 1220. The number of hydrogen-bond donors (Lipinski definition) is 1. The van der Waals surface area contributed by atoms with Crippen molar-refractivity contribution in [3.8, 4) is 5.75 Å². The second-order valence-electron chi connectivity index (χ2n) is 8.83. The van der Waals surface area contributed by atoms with Crippen LogP contribution in [0.5, 0.6) is 5.75 Å². The number of carbonyl (C=O) groups excluding carboxylic acids is 1. The van der Waals surface area contributed by atoms with Crippen LogP contribution in [0.3, 0.4) is 0 Å². The fraction of sp³-hybridized carbons (Fsp3) is 0.480. The standard InChI is InChI=1S/C25H35N3O6S2/c1-4-21-8-10-22(11-9-21)28(35(3,30)31)20(2)25(29)26-16-19-34-23-12-14-24(15-13-23)36(32,33)27-17-6-5-7-18-27/h8-15,20H,4-7,16-19H2,1-3H3,(H,26,29)/t20-/m0/s1. The molecule has 0 bridgehead atoms. The highest BCUT2D eigenvalue weighted by atomic mass is 32.2. The van der Waals surface area contributed by atoms with E-state index in [2.05, 4.69) is 5.32 Å². The molecule has 11 heteroatoms. The van der Waals surface area contributed by atoms with Gasteiger partial charge in [0.1, 0.15) is 18.4 Å². The molecule has 0 spiro atoms. The Labute approximate surface area is 214 Å². The average molecular weight is 538 g/mol. The van der Waals surface area contributed by atoms with Gasteiger partial charge in [-0.3, -0.25) is 9.10 Å². The van der Waals surface area contributed by atoms with Gasteiger partial charge >= 0.3 is 0 Å². The van der Waals surface area contributed by atoms with Crippen LogP contribution in [0.1, 0.15) is 38.7 Å². The number of piperidine rings is 1. The van der Waals surface area contributed by atoms with Gasteiger partial charge in [0.2, 0.25) is 26.0 Å². The molecule has 198 valence electrons. The van der Waals surface area contributed by atoms with Crippen molar-refractivity contribution in [2.24, 2.45) is 0 Å². The number of anilines is 1. The van der Waals surface area contributed by atoms with Crippen LogP contribution in [0.15, 0.2) is 53.4 Å². The second-order valence-corrected chi connectivity index (χ2v) is 12.6. The number of aryl methyl sites for hydroxylation is 1. The van der Waals surface area contributed by atoms with E-state index in [1.54, 1.807) is 24.3 Å². The van der Waals surface area contributed by atoms with E-state index in [9.17, 15) is 21.6 Å². The number of nitrogens with one attached hydrogen (secondary N) is 1. The third kappa shape index (κ3) is 6.98. The third-order valence-electron chi connectivity index (χ3n) is 6.13. The summed E-state index contributed by atoms with van der Waals surface area (Å²) in [5.74, 6) is 0.0234. The van der Waals surface area contributed by atoms with Crippen molar-refractivity contribution < 1.29 is 26.4 Å². The van der Waals surface area contributed by atoms with Gasteiger partial charge < -0.3 is 10.1 Å². The SMILES string of the molecule is CCc1ccc(N([C@@H](C)C(=O)NCCOc2ccc(S(=O)(=O)N3CCCCC3)cc2)S(C)(=O)=O)cc1. The summed E-state index contributed by atoms with van der Waals surface area (Å²) in [7, 11) is -7.20. The first-order valence-electron chi connectivity index (χ1n) is 12.1. The minimum Gasteiger partial charge on any atom is -0.492 e. The molecule has 2 aromatic carbocycles. The zero-order chi connectivity index (χ0) is 26.3. The van der Waals surface area contributed by atoms with Gasteiger partial charge in [0, 0.05) is 13.1 Å². The lowest BCUT2D eigenvalue weighted by molar-refractivity contribution is -0.121. The van der Waals surface area contributed by atoms with Crippen LogP contribution in [-0.2, 0) is 31.3 Å². The minimum atomic E-state index is -3.69. The Balaban J connectivity index is 1.53. The molecule has 1 heterocycles. The van der Waals surface area contributed by atoms with Gasteiger partial charge in [-0.25, -0.2) is 16.8 Å². The summed E-state index contributed by atoms with van der Waals surface area (Å²) >= 11 is 0. The quantitative estimate of drug-likeness (QED) is 0.441. The van der Waals surface area contributed by atoms with E-state index >= 15 is 0 Å². The maximum atomic E-state index is 12.7. The van der Waals surface area contributed by atoms with E-state index in [1.165, 1.54) is 23.4 Å². The van der Waals surface area contributed by atoms with Gasteiger partial charge in [-0.2, -0.15) is 4.31 Å². The Morgan fingerprint density at radius 1 is 1.00 bits per heavy atom. The fourth-order valence-electron chi connectivity index (χ4n) is 4.14. The number of benzene rings is 2. The maximum Gasteiger partial charge on any atom is 0.243 e. The summed E-state index contributed by atoms with van der Waals surface area (Å²) in [6, 6.07) is 12.3. The Morgan fingerprint density at radius 3 is 2.17 bits per heavy atom. The van der Waals surface area contributed by atoms with Crippen LogP contribution in [0.25, 0.3) is 0 Å². The van der Waals surface area contributed by atoms with Crippen LogP contribution in [0.2, 0.25) is 0 Å². The first-order valence-corrected chi connectivity index (χ1v) is 15.4. The number of nitrogens with zero attached hydrogens (tertiary/aromatic N) is 2. The number of ether oxygens (including phenoxy) is 1. The Morgan fingerprint density at radius 2 is 1.61 bits per heavy atom. The zero-order valence-corrected chi connectivity index (χ0v) is 22.6. The number of hydrogen-bond acceptors (Lipinski definition) is 6. The summed E-state index contributed by atoms with van der Waals surface area (Å²) in [4.78, 5) is 12.9. The zero-order valence-electron chi connectivity index (χ0n) is 21.0. The number of amides is 1. The number of rotatable bonds is 11. The maximum absolute atomic E-state index is 12.7. The molecule has 0 aliphatic carbocycles. The van der Waals surface area contributed by atoms with Crippen molar-refractivity contribution >= 4 is 31.6 Å². The first kappa shape index (κ1) is 27.9. The van der Waals surface area contributed by atoms with Gasteiger partial charge in [0.05, 0.1) is 23.4 Å². The minimum absolute atomic E-state index is 0.140. The van der Waals surface area contributed by atoms with Crippen LogP contribution >= 0.6 is 0 Å². The van der Waals surface area contributed by atoms with Gasteiger partial charge in [0.25, 0.3) is 0 Å². The summed E-state index contributed by atoms with van der Waals surface area (Å²) in [6.07, 6.45) is 4.69. The Kier molecular flexibility index (Phi) is 9.37. The molecule has 0 saturated carbocycles.